The Balaban J connectivity index is 1.50. The van der Waals surface area contributed by atoms with E-state index < -0.39 is 5.97 Å². The second-order valence-corrected chi connectivity index (χ2v) is 8.02. The minimum atomic E-state index is -1.02. The third-order valence-corrected chi connectivity index (χ3v) is 6.10. The van der Waals surface area contributed by atoms with Crippen LogP contribution in [0.5, 0.6) is 5.75 Å². The highest BCUT2D eigenvalue weighted by molar-refractivity contribution is 7.17. The zero-order chi connectivity index (χ0) is 22.5. The standard InChI is InChI=1S/C25H21N3O3S/c1-3-18-17(10-9-16-7-5-6-8-19(16)18)11-12-26-23-13-20(27-15-28-23)22-14-21(31-4-2)24(32-22)25(29)30/h1,5-10,13-15H,4,11-12H2,2H3,(H,29,30)(H,26,27,28). The van der Waals surface area contributed by atoms with Crippen LogP contribution in [0.25, 0.3) is 21.3 Å². The van der Waals surface area contributed by atoms with Gasteiger partial charge in [0.15, 0.2) is 4.88 Å². The number of fused-ring (bicyclic) bond motifs is 1. The number of aromatic nitrogens is 2. The molecule has 0 spiro atoms. The molecule has 2 aromatic heterocycles. The number of hydrogen-bond donors (Lipinski definition) is 2. The number of hydrogen-bond acceptors (Lipinski definition) is 6. The van der Waals surface area contributed by atoms with Crippen LogP contribution in [0.15, 0.2) is 54.9 Å². The van der Waals surface area contributed by atoms with Gasteiger partial charge in [0.05, 0.1) is 17.2 Å². The van der Waals surface area contributed by atoms with E-state index in [2.05, 4.69) is 39.4 Å². The van der Waals surface area contributed by atoms with Gasteiger partial charge in [-0.05, 0) is 29.7 Å². The first kappa shape index (κ1) is 21.3. The van der Waals surface area contributed by atoms with E-state index in [4.69, 9.17) is 11.2 Å². The molecule has 2 heterocycles. The molecule has 7 heteroatoms. The van der Waals surface area contributed by atoms with Crippen LogP contribution < -0.4 is 10.1 Å². The van der Waals surface area contributed by atoms with Crippen molar-refractivity contribution in [1.29, 1.82) is 0 Å². The molecule has 0 unspecified atom stereocenters. The molecule has 4 rings (SSSR count). The van der Waals surface area contributed by atoms with Crippen molar-refractivity contribution < 1.29 is 14.6 Å². The molecule has 0 aliphatic rings. The molecule has 0 fully saturated rings. The molecule has 0 bridgehead atoms. The second-order valence-electron chi connectivity index (χ2n) is 6.97. The van der Waals surface area contributed by atoms with Crippen molar-refractivity contribution in [1.82, 2.24) is 9.97 Å². The van der Waals surface area contributed by atoms with E-state index in [-0.39, 0.29) is 4.88 Å². The molecule has 0 aliphatic heterocycles. The number of thiophene rings is 1. The van der Waals surface area contributed by atoms with Gasteiger partial charge >= 0.3 is 5.97 Å². The Labute approximate surface area is 189 Å². The van der Waals surface area contributed by atoms with Crippen LogP contribution in [-0.4, -0.2) is 34.2 Å². The van der Waals surface area contributed by atoms with Gasteiger partial charge in [0, 0.05) is 24.2 Å². The Bertz CT molecular complexity index is 1320. The molecular formula is C25H21N3O3S. The van der Waals surface area contributed by atoms with Crippen LogP contribution in [0.1, 0.15) is 27.7 Å². The van der Waals surface area contributed by atoms with Crippen molar-refractivity contribution in [3.8, 4) is 28.7 Å². The quantitative estimate of drug-likeness (QED) is 0.369. The fourth-order valence-electron chi connectivity index (χ4n) is 3.52. The van der Waals surface area contributed by atoms with Crippen molar-refractivity contribution in [3.63, 3.8) is 0 Å². The van der Waals surface area contributed by atoms with Crippen LogP contribution in [0, 0.1) is 12.3 Å². The lowest BCUT2D eigenvalue weighted by Gasteiger charge is -2.10. The molecular weight excluding hydrogens is 422 g/mol. The van der Waals surface area contributed by atoms with Crippen LogP contribution in [0.3, 0.4) is 0 Å². The molecule has 0 amide bonds. The van der Waals surface area contributed by atoms with Crippen molar-refractivity contribution in [2.75, 3.05) is 18.5 Å². The van der Waals surface area contributed by atoms with Crippen molar-refractivity contribution in [3.05, 3.63) is 70.9 Å². The van der Waals surface area contributed by atoms with E-state index >= 15 is 0 Å². The molecule has 32 heavy (non-hydrogen) atoms. The second kappa shape index (κ2) is 9.50. The Hall–Kier alpha value is -3.89. The minimum Gasteiger partial charge on any atom is -0.492 e. The summed E-state index contributed by atoms with van der Waals surface area (Å²) < 4.78 is 5.45. The van der Waals surface area contributed by atoms with Crippen LogP contribution >= 0.6 is 11.3 Å². The highest BCUT2D eigenvalue weighted by atomic mass is 32.1. The number of rotatable bonds is 8. The van der Waals surface area contributed by atoms with Gasteiger partial charge in [-0.15, -0.1) is 17.8 Å². The van der Waals surface area contributed by atoms with Crippen LogP contribution in [-0.2, 0) is 6.42 Å². The van der Waals surface area contributed by atoms with Gasteiger partial charge in [-0.2, -0.15) is 0 Å². The summed E-state index contributed by atoms with van der Waals surface area (Å²) >= 11 is 1.13. The summed E-state index contributed by atoms with van der Waals surface area (Å²) in [5.41, 5.74) is 2.64. The zero-order valence-electron chi connectivity index (χ0n) is 17.5. The Morgan fingerprint density at radius 3 is 2.84 bits per heavy atom. The fraction of sp³-hybridized carbons (Fsp3) is 0.160. The van der Waals surface area contributed by atoms with Gasteiger partial charge in [-0.25, -0.2) is 14.8 Å². The maximum Gasteiger partial charge on any atom is 0.349 e. The van der Waals surface area contributed by atoms with E-state index in [9.17, 15) is 9.90 Å². The molecule has 2 aromatic carbocycles. The number of ether oxygens (including phenoxy) is 1. The zero-order valence-corrected chi connectivity index (χ0v) is 18.3. The summed E-state index contributed by atoms with van der Waals surface area (Å²) in [4.78, 5) is 20.9. The average molecular weight is 444 g/mol. The largest absolute Gasteiger partial charge is 0.492 e. The summed E-state index contributed by atoms with van der Waals surface area (Å²) in [5, 5.41) is 14.9. The summed E-state index contributed by atoms with van der Waals surface area (Å²) in [5.74, 6) is 2.82. The number of nitrogens with zero attached hydrogens (tertiary/aromatic N) is 2. The number of carboxylic acids is 1. The Kier molecular flexibility index (Phi) is 6.34. The van der Waals surface area contributed by atoms with Crippen molar-refractivity contribution in [2.45, 2.75) is 13.3 Å². The number of terminal acetylenes is 1. The predicted octanol–water partition coefficient (Wildman–Crippen LogP) is 5.09. The van der Waals surface area contributed by atoms with Gasteiger partial charge in [0.25, 0.3) is 0 Å². The maximum absolute atomic E-state index is 11.5. The third kappa shape index (κ3) is 4.41. The smallest absolute Gasteiger partial charge is 0.349 e. The SMILES string of the molecule is C#Cc1c(CCNc2cc(-c3cc(OCC)c(C(=O)O)s3)ncn2)ccc2ccccc12. The van der Waals surface area contributed by atoms with Crippen molar-refractivity contribution in [2.24, 2.45) is 0 Å². The minimum absolute atomic E-state index is 0.160. The number of aromatic carboxylic acids is 1. The molecule has 0 saturated heterocycles. The molecule has 0 saturated carbocycles. The molecule has 2 N–H and O–H groups in total. The summed E-state index contributed by atoms with van der Waals surface area (Å²) in [6.45, 7) is 2.84. The number of anilines is 1. The van der Waals surface area contributed by atoms with Gasteiger partial charge in [0.2, 0.25) is 0 Å². The highest BCUT2D eigenvalue weighted by Crippen LogP contribution is 2.36. The normalized spacial score (nSPS) is 10.6. The Morgan fingerprint density at radius 1 is 1.22 bits per heavy atom. The monoisotopic (exact) mass is 443 g/mol. The number of benzene rings is 2. The molecule has 0 radical (unpaired) electrons. The molecule has 6 nitrogen and oxygen atoms in total. The third-order valence-electron chi connectivity index (χ3n) is 4.97. The summed E-state index contributed by atoms with van der Waals surface area (Å²) in [6.07, 6.45) is 7.99. The first-order valence-electron chi connectivity index (χ1n) is 10.1. The van der Waals surface area contributed by atoms with E-state index in [1.807, 2.05) is 25.1 Å². The highest BCUT2D eigenvalue weighted by Gasteiger charge is 2.18. The number of nitrogens with one attached hydrogen (secondary N) is 1. The fourth-order valence-corrected chi connectivity index (χ4v) is 4.43. The first-order chi connectivity index (χ1) is 15.6. The maximum atomic E-state index is 11.5. The lowest BCUT2D eigenvalue weighted by Crippen LogP contribution is -2.07. The van der Waals surface area contributed by atoms with Gasteiger partial charge in [-0.1, -0.05) is 42.3 Å². The van der Waals surface area contributed by atoms with E-state index in [1.165, 1.54) is 6.33 Å². The summed E-state index contributed by atoms with van der Waals surface area (Å²) in [7, 11) is 0. The predicted molar refractivity (Wildman–Crippen MR) is 128 cm³/mol. The molecule has 4 aromatic rings. The van der Waals surface area contributed by atoms with E-state index in [0.717, 1.165) is 39.7 Å². The van der Waals surface area contributed by atoms with Gasteiger partial charge < -0.3 is 15.2 Å². The van der Waals surface area contributed by atoms with Gasteiger partial charge in [-0.3, -0.25) is 0 Å². The molecule has 0 aliphatic carbocycles. The molecule has 0 atom stereocenters. The number of carboxylic acid groups (broad SMARTS) is 1. The van der Waals surface area contributed by atoms with Crippen LogP contribution in [0.4, 0.5) is 5.82 Å². The van der Waals surface area contributed by atoms with Gasteiger partial charge in [0.1, 0.15) is 17.9 Å². The number of carbonyl (C=O) groups is 1. The summed E-state index contributed by atoms with van der Waals surface area (Å²) in [6, 6.07) is 15.7. The van der Waals surface area contributed by atoms with E-state index in [1.54, 1.807) is 12.1 Å². The topological polar surface area (TPSA) is 84.3 Å². The van der Waals surface area contributed by atoms with Crippen LogP contribution in [0.2, 0.25) is 0 Å². The van der Waals surface area contributed by atoms with Crippen molar-refractivity contribution >= 4 is 33.9 Å². The lowest BCUT2D eigenvalue weighted by molar-refractivity contribution is 0.0698. The molecule has 160 valence electrons. The van der Waals surface area contributed by atoms with E-state index in [0.29, 0.717) is 35.3 Å². The first-order valence-corrected chi connectivity index (χ1v) is 11.0. The Morgan fingerprint density at radius 2 is 2.06 bits per heavy atom. The average Bonchev–Trinajstić information content (AvgIpc) is 3.24. The lowest BCUT2D eigenvalue weighted by atomic mass is 9.97.